The van der Waals surface area contributed by atoms with Crippen LogP contribution in [0.2, 0.25) is 0 Å². The summed E-state index contributed by atoms with van der Waals surface area (Å²) in [5.74, 6) is -0.558. The predicted molar refractivity (Wildman–Crippen MR) is 109 cm³/mol. The van der Waals surface area contributed by atoms with Gasteiger partial charge in [0.05, 0.1) is 4.90 Å². The minimum absolute atomic E-state index is 0.0315. The summed E-state index contributed by atoms with van der Waals surface area (Å²) in [6.07, 6.45) is 1.57. The molecule has 2 amide bonds. The van der Waals surface area contributed by atoms with Gasteiger partial charge in [0.1, 0.15) is 5.82 Å². The van der Waals surface area contributed by atoms with Crippen molar-refractivity contribution in [1.29, 1.82) is 0 Å². The molecule has 1 fully saturated rings. The molecule has 1 heterocycles. The summed E-state index contributed by atoms with van der Waals surface area (Å²) in [6, 6.07) is 12.0. The number of hydrogen-bond donors (Lipinski definition) is 2. The molecule has 30 heavy (non-hydrogen) atoms. The highest BCUT2D eigenvalue weighted by Gasteiger charge is 2.20. The van der Waals surface area contributed by atoms with Crippen molar-refractivity contribution in [3.05, 3.63) is 65.5 Å². The monoisotopic (exact) mass is 433 g/mol. The van der Waals surface area contributed by atoms with Crippen molar-refractivity contribution in [1.82, 2.24) is 14.9 Å². The number of sulfonamides is 1. The van der Waals surface area contributed by atoms with E-state index in [0.29, 0.717) is 30.6 Å². The molecule has 160 valence electrons. The summed E-state index contributed by atoms with van der Waals surface area (Å²) in [7, 11) is -3.79. The lowest BCUT2D eigenvalue weighted by molar-refractivity contribution is -0.128. The van der Waals surface area contributed by atoms with Gasteiger partial charge in [-0.05, 0) is 41.8 Å². The number of rotatable bonds is 9. The van der Waals surface area contributed by atoms with Crippen LogP contribution in [-0.2, 0) is 32.7 Å². The van der Waals surface area contributed by atoms with Gasteiger partial charge in [0.15, 0.2) is 0 Å². The summed E-state index contributed by atoms with van der Waals surface area (Å²) in [5.41, 5.74) is 1.15. The first kappa shape index (κ1) is 21.9. The van der Waals surface area contributed by atoms with Gasteiger partial charge >= 0.3 is 0 Å². The van der Waals surface area contributed by atoms with Crippen molar-refractivity contribution in [2.24, 2.45) is 0 Å². The smallest absolute Gasteiger partial charge is 0.240 e. The van der Waals surface area contributed by atoms with Gasteiger partial charge in [-0.2, -0.15) is 0 Å². The molecular weight excluding hydrogens is 409 g/mol. The Balaban J connectivity index is 1.53. The maximum atomic E-state index is 13.2. The number of hydrogen-bond acceptors (Lipinski definition) is 4. The standard InChI is InChI=1S/C21H24FN3O4S/c22-18-6-1-4-16(12-18)15-24-30(28,29)19-7-2-5-17(13-19)14-23-20(26)9-11-25-10-3-8-21(25)27/h1-2,4-7,12-13,24H,3,8-11,14-15H2,(H,23,26). The van der Waals surface area contributed by atoms with E-state index in [2.05, 4.69) is 10.0 Å². The van der Waals surface area contributed by atoms with E-state index in [9.17, 15) is 22.4 Å². The van der Waals surface area contributed by atoms with Crippen molar-refractivity contribution >= 4 is 21.8 Å². The van der Waals surface area contributed by atoms with Gasteiger partial charge in [0.25, 0.3) is 0 Å². The van der Waals surface area contributed by atoms with Gasteiger partial charge in [-0.25, -0.2) is 17.5 Å². The zero-order valence-electron chi connectivity index (χ0n) is 16.4. The highest BCUT2D eigenvalue weighted by atomic mass is 32.2. The predicted octanol–water partition coefficient (Wildman–Crippen LogP) is 1.93. The van der Waals surface area contributed by atoms with E-state index in [1.54, 1.807) is 23.1 Å². The summed E-state index contributed by atoms with van der Waals surface area (Å²) in [6.45, 7) is 1.23. The fraction of sp³-hybridized carbons (Fsp3) is 0.333. The third-order valence-corrected chi connectivity index (χ3v) is 6.23. The highest BCUT2D eigenvalue weighted by Crippen LogP contribution is 2.13. The minimum Gasteiger partial charge on any atom is -0.352 e. The number of nitrogens with zero attached hydrogens (tertiary/aromatic N) is 1. The molecule has 1 saturated heterocycles. The van der Waals surface area contributed by atoms with Crippen molar-refractivity contribution in [3.8, 4) is 0 Å². The van der Waals surface area contributed by atoms with Crippen LogP contribution in [-0.4, -0.2) is 38.2 Å². The number of halogens is 1. The third-order valence-electron chi connectivity index (χ3n) is 4.83. The number of nitrogens with one attached hydrogen (secondary N) is 2. The molecule has 7 nitrogen and oxygen atoms in total. The third kappa shape index (κ3) is 6.11. The van der Waals surface area contributed by atoms with E-state index in [0.717, 1.165) is 6.42 Å². The van der Waals surface area contributed by atoms with Crippen LogP contribution < -0.4 is 10.0 Å². The molecule has 9 heteroatoms. The molecule has 0 unspecified atom stereocenters. The van der Waals surface area contributed by atoms with Crippen LogP contribution in [0.1, 0.15) is 30.4 Å². The quantitative estimate of drug-likeness (QED) is 0.632. The van der Waals surface area contributed by atoms with Crippen LogP contribution in [0.5, 0.6) is 0 Å². The van der Waals surface area contributed by atoms with Crippen LogP contribution in [0, 0.1) is 5.82 Å². The molecule has 0 saturated carbocycles. The van der Waals surface area contributed by atoms with Crippen molar-refractivity contribution < 1.29 is 22.4 Å². The van der Waals surface area contributed by atoms with Crippen molar-refractivity contribution in [2.45, 2.75) is 37.2 Å². The number of carbonyl (C=O) groups is 2. The lowest BCUT2D eigenvalue weighted by Crippen LogP contribution is -2.31. The van der Waals surface area contributed by atoms with E-state index >= 15 is 0 Å². The second-order valence-electron chi connectivity index (χ2n) is 7.11. The molecule has 2 aromatic carbocycles. The largest absolute Gasteiger partial charge is 0.352 e. The fourth-order valence-electron chi connectivity index (χ4n) is 3.20. The SMILES string of the molecule is O=C(CCN1CCCC1=O)NCc1cccc(S(=O)(=O)NCc2cccc(F)c2)c1. The number of carbonyl (C=O) groups excluding carboxylic acids is 2. The normalized spacial score (nSPS) is 14.2. The van der Waals surface area contributed by atoms with Crippen molar-refractivity contribution in [2.75, 3.05) is 13.1 Å². The molecule has 0 atom stereocenters. The Morgan fingerprint density at radius 1 is 1.07 bits per heavy atom. The van der Waals surface area contributed by atoms with E-state index in [-0.39, 0.29) is 36.2 Å². The molecule has 1 aliphatic heterocycles. The van der Waals surface area contributed by atoms with Gasteiger partial charge in [-0.3, -0.25) is 9.59 Å². The molecule has 0 bridgehead atoms. The number of likely N-dealkylation sites (tertiary alicyclic amines) is 1. The Labute approximate surface area is 175 Å². The van der Waals surface area contributed by atoms with Gasteiger partial charge in [-0.15, -0.1) is 0 Å². The fourth-order valence-corrected chi connectivity index (χ4v) is 4.28. The molecule has 0 aromatic heterocycles. The van der Waals surface area contributed by atoms with Gasteiger partial charge in [-0.1, -0.05) is 24.3 Å². The Morgan fingerprint density at radius 2 is 1.80 bits per heavy atom. The average Bonchev–Trinajstić information content (AvgIpc) is 3.14. The van der Waals surface area contributed by atoms with Gasteiger partial charge in [0, 0.05) is 39.0 Å². The summed E-state index contributed by atoms with van der Waals surface area (Å²) in [5, 5.41) is 2.75. The molecule has 2 N–H and O–H groups in total. The van der Waals surface area contributed by atoms with E-state index < -0.39 is 15.8 Å². The second-order valence-corrected chi connectivity index (χ2v) is 8.88. The van der Waals surface area contributed by atoms with Crippen LogP contribution in [0.4, 0.5) is 4.39 Å². The van der Waals surface area contributed by atoms with Crippen LogP contribution in [0.3, 0.4) is 0 Å². The van der Waals surface area contributed by atoms with Crippen LogP contribution in [0.25, 0.3) is 0 Å². The number of amides is 2. The lowest BCUT2D eigenvalue weighted by Gasteiger charge is -2.15. The molecule has 3 rings (SSSR count). The first-order valence-electron chi connectivity index (χ1n) is 9.71. The Bertz CT molecular complexity index is 1030. The topological polar surface area (TPSA) is 95.6 Å². The molecule has 1 aliphatic rings. The van der Waals surface area contributed by atoms with Crippen LogP contribution >= 0.6 is 0 Å². The maximum Gasteiger partial charge on any atom is 0.240 e. The average molecular weight is 434 g/mol. The Kier molecular flexibility index (Phi) is 7.17. The number of benzene rings is 2. The van der Waals surface area contributed by atoms with Crippen molar-refractivity contribution in [3.63, 3.8) is 0 Å². The Hall–Kier alpha value is -2.78. The Morgan fingerprint density at radius 3 is 2.50 bits per heavy atom. The highest BCUT2D eigenvalue weighted by molar-refractivity contribution is 7.89. The van der Waals surface area contributed by atoms with Gasteiger partial charge < -0.3 is 10.2 Å². The molecular formula is C21H24FN3O4S. The maximum absolute atomic E-state index is 13.2. The molecule has 2 aromatic rings. The molecule has 0 radical (unpaired) electrons. The second kappa shape index (κ2) is 9.82. The molecule has 0 aliphatic carbocycles. The summed E-state index contributed by atoms with van der Waals surface area (Å²) >= 11 is 0. The van der Waals surface area contributed by atoms with E-state index in [1.807, 2.05) is 0 Å². The summed E-state index contributed by atoms with van der Waals surface area (Å²) < 4.78 is 40.8. The summed E-state index contributed by atoms with van der Waals surface area (Å²) in [4.78, 5) is 25.3. The minimum atomic E-state index is -3.79. The van der Waals surface area contributed by atoms with Crippen LogP contribution in [0.15, 0.2) is 53.4 Å². The molecule has 0 spiro atoms. The van der Waals surface area contributed by atoms with E-state index in [4.69, 9.17) is 0 Å². The zero-order chi connectivity index (χ0) is 21.6. The zero-order valence-corrected chi connectivity index (χ0v) is 17.3. The lowest BCUT2D eigenvalue weighted by atomic mass is 10.2. The first-order valence-corrected chi connectivity index (χ1v) is 11.2. The van der Waals surface area contributed by atoms with Gasteiger partial charge in [0.2, 0.25) is 21.8 Å². The van der Waals surface area contributed by atoms with E-state index in [1.165, 1.54) is 30.3 Å². The first-order chi connectivity index (χ1) is 14.3.